The van der Waals surface area contributed by atoms with E-state index in [4.69, 9.17) is 0 Å². The molecule has 0 aliphatic carbocycles. The number of hydrogen-bond donors (Lipinski definition) is 0. The van der Waals surface area contributed by atoms with Gasteiger partial charge in [-0.2, -0.15) is 0 Å². The lowest BCUT2D eigenvalue weighted by molar-refractivity contribution is 0.610. The van der Waals surface area contributed by atoms with Gasteiger partial charge in [-0.25, -0.2) is 0 Å². The molecule has 0 saturated carbocycles. The van der Waals surface area contributed by atoms with Gasteiger partial charge >= 0.3 is 0 Å². The van der Waals surface area contributed by atoms with Crippen LogP contribution in [0.4, 0.5) is 0 Å². The zero-order valence-corrected chi connectivity index (χ0v) is 10.6. The monoisotopic (exact) mass is 217 g/mol. The summed E-state index contributed by atoms with van der Waals surface area (Å²) in [6.07, 6.45) is 4.22. The largest absolute Gasteiger partial charge is 0.0689 e. The summed E-state index contributed by atoms with van der Waals surface area (Å²) in [6.45, 7) is 4.68. The quantitative estimate of drug-likeness (QED) is 0.537. The summed E-state index contributed by atoms with van der Waals surface area (Å²) in [5.74, 6) is 0. The summed E-state index contributed by atoms with van der Waals surface area (Å²) in [6, 6.07) is 11.2. The van der Waals surface area contributed by atoms with Crippen LogP contribution in [0, 0.1) is 0 Å². The Morgan fingerprint density at radius 1 is 1.07 bits per heavy atom. The standard InChI is InChI=1S/C13H19P.B/c1-3-11-10-12(4-2)14(11)13-8-6-5-7-9-13;/h5-9,11-12H,3-4,10H2,1-2H3;/t11-,12-;/m0./s1. The lowest BCUT2D eigenvalue weighted by Gasteiger charge is -2.45. The van der Waals surface area contributed by atoms with Gasteiger partial charge < -0.3 is 0 Å². The first-order valence-electron chi connectivity index (χ1n) is 5.70. The highest BCUT2D eigenvalue weighted by Gasteiger charge is 2.38. The van der Waals surface area contributed by atoms with E-state index in [1.807, 2.05) is 0 Å². The molecule has 79 valence electrons. The summed E-state index contributed by atoms with van der Waals surface area (Å²) in [7, 11) is 0.180. The molecular weight excluding hydrogens is 198 g/mol. The third kappa shape index (κ3) is 2.45. The normalized spacial score (nSPS) is 25.5. The summed E-state index contributed by atoms with van der Waals surface area (Å²) < 4.78 is 0. The van der Waals surface area contributed by atoms with Crippen LogP contribution in [-0.2, 0) is 0 Å². The van der Waals surface area contributed by atoms with Gasteiger partial charge in [0.05, 0.1) is 0 Å². The average molecular weight is 217 g/mol. The van der Waals surface area contributed by atoms with Crippen molar-refractivity contribution in [3.63, 3.8) is 0 Å². The van der Waals surface area contributed by atoms with Crippen molar-refractivity contribution in [3.05, 3.63) is 30.3 Å². The van der Waals surface area contributed by atoms with Crippen molar-refractivity contribution >= 4 is 21.6 Å². The minimum atomic E-state index is 0. The lowest BCUT2D eigenvalue weighted by Crippen LogP contribution is -2.34. The molecule has 1 aliphatic heterocycles. The fraction of sp³-hybridized carbons (Fsp3) is 0.538. The number of rotatable bonds is 3. The molecule has 0 bridgehead atoms. The average Bonchev–Trinajstić information content (AvgIpc) is 2.19. The molecule has 2 atom stereocenters. The molecule has 1 heterocycles. The van der Waals surface area contributed by atoms with Crippen molar-refractivity contribution in [2.45, 2.75) is 44.4 Å². The Morgan fingerprint density at radius 3 is 2.07 bits per heavy atom. The highest BCUT2D eigenvalue weighted by Crippen LogP contribution is 2.60. The van der Waals surface area contributed by atoms with Crippen LogP contribution in [0.5, 0.6) is 0 Å². The first-order valence-corrected chi connectivity index (χ1v) is 7.18. The number of benzene rings is 1. The summed E-state index contributed by atoms with van der Waals surface area (Å²) in [4.78, 5) is 0. The highest BCUT2D eigenvalue weighted by molar-refractivity contribution is 7.68. The molecule has 0 aromatic heterocycles. The van der Waals surface area contributed by atoms with Crippen LogP contribution < -0.4 is 5.30 Å². The Labute approximate surface area is 96.8 Å². The van der Waals surface area contributed by atoms with Gasteiger partial charge in [0.1, 0.15) is 0 Å². The van der Waals surface area contributed by atoms with E-state index in [0.29, 0.717) is 0 Å². The van der Waals surface area contributed by atoms with Crippen molar-refractivity contribution < 1.29 is 0 Å². The van der Waals surface area contributed by atoms with Crippen molar-refractivity contribution in [2.75, 3.05) is 0 Å². The van der Waals surface area contributed by atoms with Crippen LogP contribution in [0.1, 0.15) is 33.1 Å². The van der Waals surface area contributed by atoms with Crippen LogP contribution in [-0.4, -0.2) is 19.7 Å². The zero-order chi connectivity index (χ0) is 9.97. The summed E-state index contributed by atoms with van der Waals surface area (Å²) in [5, 5.41) is 1.63. The summed E-state index contributed by atoms with van der Waals surface area (Å²) in [5.41, 5.74) is 2.02. The van der Waals surface area contributed by atoms with Gasteiger partial charge in [0.15, 0.2) is 0 Å². The van der Waals surface area contributed by atoms with E-state index < -0.39 is 0 Å². The van der Waals surface area contributed by atoms with Gasteiger partial charge in [-0.3, -0.25) is 0 Å². The third-order valence-corrected chi connectivity index (χ3v) is 6.95. The van der Waals surface area contributed by atoms with E-state index in [0.717, 1.165) is 11.3 Å². The molecule has 2 heteroatoms. The Balaban J connectivity index is 0.00000112. The first kappa shape index (κ1) is 12.8. The molecule has 1 aromatic rings. The molecular formula is C13H19BP. The second kappa shape index (κ2) is 5.70. The molecule has 3 radical (unpaired) electrons. The van der Waals surface area contributed by atoms with Gasteiger partial charge in [0, 0.05) is 8.41 Å². The van der Waals surface area contributed by atoms with Crippen molar-refractivity contribution in [2.24, 2.45) is 0 Å². The van der Waals surface area contributed by atoms with Gasteiger partial charge in [-0.15, -0.1) is 0 Å². The molecule has 1 aliphatic rings. The molecule has 0 nitrogen and oxygen atoms in total. The van der Waals surface area contributed by atoms with Crippen LogP contribution in [0.3, 0.4) is 0 Å². The molecule has 0 spiro atoms. The minimum absolute atomic E-state index is 0. The third-order valence-electron chi connectivity index (χ3n) is 3.33. The van der Waals surface area contributed by atoms with Crippen molar-refractivity contribution in [1.82, 2.24) is 0 Å². The van der Waals surface area contributed by atoms with Gasteiger partial charge in [-0.05, 0) is 35.9 Å². The number of hydrogen-bond acceptors (Lipinski definition) is 0. The Kier molecular flexibility index (Phi) is 4.86. The fourth-order valence-corrected chi connectivity index (χ4v) is 5.76. The molecule has 1 saturated heterocycles. The van der Waals surface area contributed by atoms with E-state index in [-0.39, 0.29) is 16.3 Å². The Morgan fingerprint density at radius 2 is 1.60 bits per heavy atom. The molecule has 1 aromatic carbocycles. The van der Waals surface area contributed by atoms with Gasteiger partial charge in [0.2, 0.25) is 0 Å². The predicted molar refractivity (Wildman–Crippen MR) is 71.5 cm³/mol. The maximum Gasteiger partial charge on any atom is 0 e. The topological polar surface area (TPSA) is 0 Å². The van der Waals surface area contributed by atoms with Crippen molar-refractivity contribution in [3.8, 4) is 0 Å². The van der Waals surface area contributed by atoms with Crippen LogP contribution in [0.25, 0.3) is 0 Å². The summed E-state index contributed by atoms with van der Waals surface area (Å²) >= 11 is 0. The van der Waals surface area contributed by atoms with E-state index in [1.54, 1.807) is 5.30 Å². The predicted octanol–water partition coefficient (Wildman–Crippen LogP) is 3.37. The maximum atomic E-state index is 2.34. The molecule has 2 rings (SSSR count). The zero-order valence-electron chi connectivity index (χ0n) is 9.69. The fourth-order valence-electron chi connectivity index (χ4n) is 2.45. The van der Waals surface area contributed by atoms with Gasteiger partial charge in [-0.1, -0.05) is 52.1 Å². The van der Waals surface area contributed by atoms with E-state index in [1.165, 1.54) is 19.3 Å². The van der Waals surface area contributed by atoms with E-state index in [9.17, 15) is 0 Å². The molecule has 1 fully saturated rings. The van der Waals surface area contributed by atoms with Crippen molar-refractivity contribution in [1.29, 1.82) is 0 Å². The van der Waals surface area contributed by atoms with Crippen LogP contribution in [0.15, 0.2) is 30.3 Å². The highest BCUT2D eigenvalue weighted by atomic mass is 31.1. The second-order valence-electron chi connectivity index (χ2n) is 4.10. The first-order chi connectivity index (χ1) is 6.86. The van der Waals surface area contributed by atoms with Crippen LogP contribution >= 0.6 is 7.92 Å². The van der Waals surface area contributed by atoms with Gasteiger partial charge in [0.25, 0.3) is 0 Å². The molecule has 0 N–H and O–H groups in total. The van der Waals surface area contributed by atoms with Crippen LogP contribution in [0.2, 0.25) is 0 Å². The maximum absolute atomic E-state index is 2.34. The minimum Gasteiger partial charge on any atom is -0.0689 e. The SMILES string of the molecule is CC[C@H]1C[C@H](CC)P1c1ccccc1.[B]. The lowest BCUT2D eigenvalue weighted by atomic mass is 10.1. The van der Waals surface area contributed by atoms with E-state index in [2.05, 4.69) is 44.2 Å². The molecule has 0 unspecified atom stereocenters. The Bertz CT molecular complexity index is 276. The second-order valence-corrected chi connectivity index (χ2v) is 6.89. The molecule has 0 amide bonds. The smallest absolute Gasteiger partial charge is 0 e. The molecule has 15 heavy (non-hydrogen) atoms. The Hall–Kier alpha value is -0.285. The van der Waals surface area contributed by atoms with E-state index >= 15 is 0 Å².